The van der Waals surface area contributed by atoms with Crippen molar-refractivity contribution in [3.05, 3.63) is 169 Å². The van der Waals surface area contributed by atoms with E-state index in [0.717, 1.165) is 0 Å². The quantitative estimate of drug-likeness (QED) is 0.183. The lowest BCUT2D eigenvalue weighted by atomic mass is 9.83. The topological polar surface area (TPSA) is 13.1 Å². The molecule has 0 N–H and O–H groups in total. The lowest BCUT2D eigenvalue weighted by Gasteiger charge is -2.19. The number of hydrogen-bond acceptors (Lipinski definition) is 1. The molecule has 1 aromatic heterocycles. The average Bonchev–Trinajstić information content (AvgIpc) is 3.78. The molecule has 0 atom stereocenters. The highest BCUT2D eigenvalue weighted by Crippen LogP contribution is 2.46. The summed E-state index contributed by atoms with van der Waals surface area (Å²) in [6.45, 7) is 0. The van der Waals surface area contributed by atoms with Gasteiger partial charge in [-0.2, -0.15) is 0 Å². The van der Waals surface area contributed by atoms with Crippen LogP contribution in [0.5, 0.6) is 0 Å². The van der Waals surface area contributed by atoms with Gasteiger partial charge >= 0.3 is 0 Å². The Morgan fingerprint density at radius 3 is 1.51 bits per heavy atom. The molecule has 0 saturated heterocycles. The van der Waals surface area contributed by atoms with Crippen LogP contribution in [0.25, 0.3) is 88.0 Å². The Labute approximate surface area is 301 Å². The maximum absolute atomic E-state index is 9.81. The largest absolute Gasteiger partial charge is 0.456 e. The predicted octanol–water partition coefficient (Wildman–Crippen LogP) is 12.6. The highest BCUT2D eigenvalue weighted by Gasteiger charge is 2.19. The summed E-state index contributed by atoms with van der Waals surface area (Å²) < 4.78 is 255. The van der Waals surface area contributed by atoms with Gasteiger partial charge in [0.1, 0.15) is 11.2 Å². The van der Waals surface area contributed by atoms with Gasteiger partial charge in [-0.05, 0) is 90.2 Å². The van der Waals surface area contributed by atoms with E-state index in [0.29, 0.717) is 0 Å². The third kappa shape index (κ3) is 4.17. The van der Waals surface area contributed by atoms with Gasteiger partial charge in [0.15, 0.2) is 0 Å². The number of hydrogen-bond donors (Lipinski definition) is 0. The average molecular weight is 601 g/mol. The van der Waals surface area contributed by atoms with E-state index in [4.69, 9.17) is 29.1 Å². The zero-order valence-electron chi connectivity index (χ0n) is 50.4. The molecule has 1 nitrogen and oxygen atoms in total. The van der Waals surface area contributed by atoms with Gasteiger partial charge in [0.2, 0.25) is 0 Å². The van der Waals surface area contributed by atoms with Crippen LogP contribution in [0.1, 0.15) is 38.4 Å². The van der Waals surface area contributed by atoms with Gasteiger partial charge in [-0.1, -0.05) is 145 Å². The normalized spacial score (nSPS) is 20.3. The van der Waals surface area contributed by atoms with Gasteiger partial charge in [-0.25, -0.2) is 0 Å². The minimum Gasteiger partial charge on any atom is -0.456 e. The van der Waals surface area contributed by atoms with Crippen molar-refractivity contribution in [2.45, 2.75) is 0 Å². The fraction of sp³-hybridized carbons (Fsp3) is 0. The van der Waals surface area contributed by atoms with Crippen LogP contribution < -0.4 is 0 Å². The SMILES string of the molecule is [2H]c1c([2H])c([2H])c(-c2c([2H])c([2H])c([2H])c([2H])c2-c2c3c([2H])c([2H])c([2H])c([2H])c3c(-c3c([2H])c([2H])c4oc5c([2H])c(-c6c([2H])c([2H])c([2H])c([2H])c6[2H])c([2H])c([2H])c5c4c3[2H])c3c([2H])c([2H])c([2H])c([2H])c23)c([2H])c1[2H]. The van der Waals surface area contributed by atoms with E-state index in [1.807, 2.05) is 0 Å². The Hall–Kier alpha value is -5.92. The van der Waals surface area contributed by atoms with Crippen LogP contribution in [0.15, 0.2) is 174 Å². The molecule has 0 amide bonds. The lowest BCUT2D eigenvalue weighted by Crippen LogP contribution is -1.92. The Morgan fingerprint density at radius 2 is 0.844 bits per heavy atom. The second kappa shape index (κ2) is 10.4. The van der Waals surface area contributed by atoms with Gasteiger partial charge in [0.25, 0.3) is 0 Å². The highest BCUT2D eigenvalue weighted by molar-refractivity contribution is 6.23. The van der Waals surface area contributed by atoms with Crippen molar-refractivity contribution >= 4 is 43.5 Å². The van der Waals surface area contributed by atoms with Gasteiger partial charge < -0.3 is 4.42 Å². The fourth-order valence-corrected chi connectivity index (χ4v) is 5.20. The third-order valence-electron chi connectivity index (χ3n) is 7.07. The van der Waals surface area contributed by atoms with Crippen LogP contribution >= 0.6 is 0 Å². The zero-order valence-corrected chi connectivity index (χ0v) is 22.4. The molecule has 0 bridgehead atoms. The molecular weight excluding hydrogens is 544 g/mol. The summed E-state index contributed by atoms with van der Waals surface area (Å²) in [7, 11) is 0. The molecule has 1 heteroatoms. The molecule has 1 heterocycles. The van der Waals surface area contributed by atoms with Gasteiger partial charge in [0.05, 0.1) is 38.4 Å². The standard InChI is InChI=1S/C44H28O/c1-3-13-29(14-4-1)31-23-25-34-40-27-32(24-26-41(40)45-42(34)28-31)43-36-19-9-11-21-38(36)44(39-22-12-10-20-37(39)43)35-18-8-7-17-33(35)30-15-5-2-6-16-30/h1-28H/i1D,2D,3D,4D,5D,6D,7D,8D,9D,10D,11D,12D,13D,14D,15D,16D,17D,18D,19D,20D,21D,22D,23D,24D,25D,26D,27D,28D. The van der Waals surface area contributed by atoms with Crippen molar-refractivity contribution in [3.8, 4) is 44.5 Å². The molecule has 8 aromatic carbocycles. The predicted molar refractivity (Wildman–Crippen MR) is 190 cm³/mol. The van der Waals surface area contributed by atoms with Crippen LogP contribution in [0.4, 0.5) is 0 Å². The zero-order chi connectivity index (χ0) is 54.1. The monoisotopic (exact) mass is 600 g/mol. The Morgan fingerprint density at radius 1 is 0.311 bits per heavy atom. The molecule has 0 aliphatic heterocycles. The Bertz CT molecular complexity index is 3980. The first-order valence-electron chi connectivity index (χ1n) is 27.2. The van der Waals surface area contributed by atoms with E-state index < -0.39 is 257 Å². The summed E-state index contributed by atoms with van der Waals surface area (Å²) in [5.74, 6) is 0. The first-order valence-corrected chi connectivity index (χ1v) is 13.2. The minimum atomic E-state index is -1.07. The lowest BCUT2D eigenvalue weighted by molar-refractivity contribution is 0.669. The van der Waals surface area contributed by atoms with Gasteiger partial charge in [0, 0.05) is 10.8 Å². The van der Waals surface area contributed by atoms with Gasteiger partial charge in [-0.15, -0.1) is 0 Å². The van der Waals surface area contributed by atoms with Crippen molar-refractivity contribution in [2.75, 3.05) is 0 Å². The van der Waals surface area contributed by atoms with Crippen LogP contribution in [0.2, 0.25) is 0 Å². The number of furan rings is 1. The summed E-state index contributed by atoms with van der Waals surface area (Å²) in [5, 5.41) is -4.26. The Balaban J connectivity index is 1.58. The smallest absolute Gasteiger partial charge is 0.136 e. The van der Waals surface area contributed by atoms with E-state index in [9.17, 15) is 13.7 Å². The molecule has 0 fully saturated rings. The molecular formula is C44H28O. The maximum atomic E-state index is 9.81. The van der Waals surface area contributed by atoms with E-state index in [2.05, 4.69) is 0 Å². The van der Waals surface area contributed by atoms with E-state index >= 15 is 0 Å². The van der Waals surface area contributed by atoms with E-state index in [-0.39, 0.29) is 0 Å². The number of fused-ring (bicyclic) bond motifs is 5. The second-order valence-corrected chi connectivity index (χ2v) is 9.51. The van der Waals surface area contributed by atoms with Crippen molar-refractivity contribution in [3.63, 3.8) is 0 Å². The third-order valence-corrected chi connectivity index (χ3v) is 7.07. The molecule has 0 radical (unpaired) electrons. The molecule has 0 unspecified atom stereocenters. The van der Waals surface area contributed by atoms with Gasteiger partial charge in [-0.3, -0.25) is 0 Å². The highest BCUT2D eigenvalue weighted by atomic mass is 16.3. The maximum Gasteiger partial charge on any atom is 0.136 e. The van der Waals surface area contributed by atoms with Crippen molar-refractivity contribution in [2.24, 2.45) is 0 Å². The second-order valence-electron chi connectivity index (χ2n) is 9.51. The van der Waals surface area contributed by atoms with E-state index in [1.165, 1.54) is 0 Å². The van der Waals surface area contributed by atoms with E-state index in [1.54, 1.807) is 0 Å². The molecule has 0 aliphatic carbocycles. The molecule has 45 heavy (non-hydrogen) atoms. The molecule has 0 spiro atoms. The molecule has 0 aliphatic rings. The van der Waals surface area contributed by atoms with Crippen LogP contribution in [-0.2, 0) is 0 Å². The van der Waals surface area contributed by atoms with Crippen molar-refractivity contribution in [1.82, 2.24) is 0 Å². The number of rotatable bonds is 4. The fourth-order valence-electron chi connectivity index (χ4n) is 5.20. The molecule has 210 valence electrons. The summed E-state index contributed by atoms with van der Waals surface area (Å²) >= 11 is 0. The van der Waals surface area contributed by atoms with Crippen molar-refractivity contribution in [1.29, 1.82) is 0 Å². The summed E-state index contributed by atoms with van der Waals surface area (Å²) in [4.78, 5) is 0. The number of benzene rings is 8. The Kier molecular flexibility index (Phi) is 2.32. The van der Waals surface area contributed by atoms with Crippen molar-refractivity contribution < 1.29 is 42.8 Å². The molecule has 9 rings (SSSR count). The molecule has 0 saturated carbocycles. The summed E-state index contributed by atoms with van der Waals surface area (Å²) in [6, 6.07) is -26.8. The van der Waals surface area contributed by atoms with Crippen LogP contribution in [0, 0.1) is 0 Å². The van der Waals surface area contributed by atoms with Crippen LogP contribution in [-0.4, -0.2) is 0 Å². The summed E-state index contributed by atoms with van der Waals surface area (Å²) in [5.41, 5.74) is -7.54. The summed E-state index contributed by atoms with van der Waals surface area (Å²) in [6.07, 6.45) is 0. The first-order chi connectivity index (χ1) is 34.0. The minimum absolute atomic E-state index is 0.557. The molecule has 9 aromatic rings. The van der Waals surface area contributed by atoms with Crippen LogP contribution in [0.3, 0.4) is 0 Å². The first kappa shape index (κ1) is 10.1.